The summed E-state index contributed by atoms with van der Waals surface area (Å²) in [7, 11) is 0. The first-order chi connectivity index (χ1) is 12.0. The summed E-state index contributed by atoms with van der Waals surface area (Å²) in [5.41, 5.74) is 5.60. The number of amides is 2. The number of carbonyl (C=O) groups is 3. The smallest absolute Gasteiger partial charge is 0.316 e. The molecule has 0 aromatic heterocycles. The Morgan fingerprint density at radius 2 is 1.88 bits per heavy atom. The Kier molecular flexibility index (Phi) is 5.10. The summed E-state index contributed by atoms with van der Waals surface area (Å²) in [6.07, 6.45) is 2.73. The predicted molar refractivity (Wildman–Crippen MR) is 91.9 cm³/mol. The summed E-state index contributed by atoms with van der Waals surface area (Å²) in [5, 5.41) is 2.27. The number of nitrogens with one attached hydrogen (secondary N) is 1. The van der Waals surface area contributed by atoms with Crippen LogP contribution in [-0.2, 0) is 19.1 Å². The lowest BCUT2D eigenvalue weighted by atomic mass is 9.84. The number of para-hydroxylation sites is 1. The summed E-state index contributed by atoms with van der Waals surface area (Å²) in [4.78, 5) is 36.8. The third-order valence-corrected chi connectivity index (χ3v) is 5.14. The molecule has 2 amide bonds. The maximum atomic E-state index is 12.9. The lowest BCUT2D eigenvalue weighted by molar-refractivity contribution is -0.151. The van der Waals surface area contributed by atoms with Crippen LogP contribution in [0.3, 0.4) is 0 Å². The van der Waals surface area contributed by atoms with E-state index >= 15 is 0 Å². The van der Waals surface area contributed by atoms with Gasteiger partial charge in [-0.05, 0) is 30.8 Å². The Hall–Kier alpha value is -2.32. The van der Waals surface area contributed by atoms with Gasteiger partial charge in [-0.25, -0.2) is 4.79 Å². The third-order valence-electron chi connectivity index (χ3n) is 4.09. The van der Waals surface area contributed by atoms with E-state index in [9.17, 15) is 14.4 Å². The van der Waals surface area contributed by atoms with E-state index in [4.69, 9.17) is 15.2 Å². The average molecular weight is 362 g/mol. The summed E-state index contributed by atoms with van der Waals surface area (Å²) in [5.74, 6) is -1.70. The van der Waals surface area contributed by atoms with Gasteiger partial charge in [0.05, 0.1) is 30.4 Å². The van der Waals surface area contributed by atoms with Gasteiger partial charge in [-0.15, -0.1) is 0 Å². The van der Waals surface area contributed by atoms with Crippen LogP contribution < -0.4 is 11.1 Å². The van der Waals surface area contributed by atoms with Crippen molar-refractivity contribution in [2.75, 3.05) is 11.9 Å². The highest BCUT2D eigenvalue weighted by Gasteiger charge is 2.53. The van der Waals surface area contributed by atoms with Crippen LogP contribution in [0.1, 0.15) is 6.92 Å². The van der Waals surface area contributed by atoms with Gasteiger partial charge >= 0.3 is 12.0 Å². The number of urea groups is 1. The zero-order valence-electron chi connectivity index (χ0n) is 13.5. The number of esters is 1. The summed E-state index contributed by atoms with van der Waals surface area (Å²) in [6, 6.07) is 6.13. The van der Waals surface area contributed by atoms with Gasteiger partial charge in [-0.2, -0.15) is 0 Å². The van der Waals surface area contributed by atoms with Crippen molar-refractivity contribution in [1.82, 2.24) is 0 Å². The molecule has 1 aromatic rings. The molecule has 2 aliphatic heterocycles. The van der Waals surface area contributed by atoms with Crippen molar-refractivity contribution in [2.24, 2.45) is 17.6 Å². The van der Waals surface area contributed by atoms with Gasteiger partial charge in [0.15, 0.2) is 0 Å². The van der Waals surface area contributed by atoms with Crippen LogP contribution in [0.25, 0.3) is 0 Å². The van der Waals surface area contributed by atoms with Crippen molar-refractivity contribution in [3.8, 4) is 0 Å². The van der Waals surface area contributed by atoms with Crippen LogP contribution in [-0.4, -0.2) is 35.9 Å². The summed E-state index contributed by atoms with van der Waals surface area (Å²) >= 11 is 0.958. The first kappa shape index (κ1) is 17.5. The fraction of sp³-hybridized carbons (Fsp3) is 0.353. The number of anilines is 1. The molecule has 4 atom stereocenters. The van der Waals surface area contributed by atoms with Crippen LogP contribution in [0.5, 0.6) is 0 Å². The van der Waals surface area contributed by atoms with Gasteiger partial charge in [0.1, 0.15) is 5.92 Å². The largest absolute Gasteiger partial charge is 0.466 e. The molecular weight excluding hydrogens is 344 g/mol. The normalized spacial score (nSPS) is 26.4. The van der Waals surface area contributed by atoms with E-state index in [0.717, 1.165) is 11.8 Å². The van der Waals surface area contributed by atoms with Crippen molar-refractivity contribution in [2.45, 2.75) is 24.0 Å². The minimum absolute atomic E-state index is 0.214. The van der Waals surface area contributed by atoms with Crippen LogP contribution >= 0.6 is 11.8 Å². The van der Waals surface area contributed by atoms with Gasteiger partial charge in [0, 0.05) is 4.90 Å². The van der Waals surface area contributed by atoms with Gasteiger partial charge < -0.3 is 20.5 Å². The molecule has 25 heavy (non-hydrogen) atoms. The minimum Gasteiger partial charge on any atom is -0.466 e. The molecule has 8 heteroatoms. The Morgan fingerprint density at radius 1 is 1.20 bits per heavy atom. The SMILES string of the molecule is CCOC(=O)C1C2C=CC(O2)C1C(=O)Sc1ccccc1NC(N)=O. The molecule has 1 aromatic carbocycles. The quantitative estimate of drug-likeness (QED) is 0.471. The number of rotatable bonds is 5. The Labute approximate surface area is 148 Å². The second-order valence-corrected chi connectivity index (χ2v) is 6.71. The number of nitrogens with two attached hydrogens (primary N) is 1. The molecule has 2 heterocycles. The fourth-order valence-corrected chi connectivity index (χ4v) is 4.09. The zero-order valence-corrected chi connectivity index (χ0v) is 14.3. The van der Waals surface area contributed by atoms with E-state index < -0.39 is 36.0 Å². The molecule has 2 bridgehead atoms. The number of hydrogen-bond donors (Lipinski definition) is 2. The number of ether oxygens (including phenoxy) is 2. The van der Waals surface area contributed by atoms with E-state index in [1.165, 1.54) is 0 Å². The minimum atomic E-state index is -0.712. The van der Waals surface area contributed by atoms with Gasteiger partial charge in [-0.3, -0.25) is 9.59 Å². The van der Waals surface area contributed by atoms with Crippen molar-refractivity contribution < 1.29 is 23.9 Å². The monoisotopic (exact) mass is 362 g/mol. The number of fused-ring (bicyclic) bond motifs is 2. The standard InChI is InChI=1S/C17H18N2O5S/c1-2-23-15(20)13-10-7-8-11(24-10)14(13)16(21)25-12-6-4-3-5-9(12)19-17(18)22/h3-8,10-11,13-14H,2H2,1H3,(H3,18,19,22). The molecule has 4 unspecified atom stereocenters. The van der Waals surface area contributed by atoms with E-state index in [0.29, 0.717) is 10.6 Å². The molecule has 2 aliphatic rings. The average Bonchev–Trinajstić information content (AvgIpc) is 3.17. The zero-order chi connectivity index (χ0) is 18.0. The lowest BCUT2D eigenvalue weighted by Crippen LogP contribution is -2.36. The first-order valence-corrected chi connectivity index (χ1v) is 8.70. The number of primary amides is 1. The van der Waals surface area contributed by atoms with E-state index in [2.05, 4.69) is 5.32 Å². The van der Waals surface area contributed by atoms with Gasteiger partial charge in [0.25, 0.3) is 0 Å². The molecule has 0 aliphatic carbocycles. The molecular formula is C17H18N2O5S. The third kappa shape index (κ3) is 3.54. The van der Waals surface area contributed by atoms with Crippen molar-refractivity contribution >= 4 is 34.6 Å². The fourth-order valence-electron chi connectivity index (χ4n) is 3.08. The lowest BCUT2D eigenvalue weighted by Gasteiger charge is -2.22. The van der Waals surface area contributed by atoms with Crippen LogP contribution in [0.2, 0.25) is 0 Å². The second kappa shape index (κ2) is 7.28. The highest BCUT2D eigenvalue weighted by Crippen LogP contribution is 2.44. The van der Waals surface area contributed by atoms with E-state index in [1.54, 1.807) is 43.3 Å². The Morgan fingerprint density at radius 3 is 2.56 bits per heavy atom. The molecule has 3 rings (SSSR count). The highest BCUT2D eigenvalue weighted by molar-refractivity contribution is 8.13. The molecule has 1 saturated heterocycles. The molecule has 1 fully saturated rings. The summed E-state index contributed by atoms with van der Waals surface area (Å²) in [6.45, 7) is 1.97. The molecule has 0 radical (unpaired) electrons. The Balaban J connectivity index is 1.80. The number of thioether (sulfide) groups is 1. The molecule has 0 spiro atoms. The maximum absolute atomic E-state index is 12.9. The number of hydrogen-bond acceptors (Lipinski definition) is 6. The van der Waals surface area contributed by atoms with Gasteiger partial charge in [0.2, 0.25) is 5.12 Å². The first-order valence-electron chi connectivity index (χ1n) is 7.89. The number of benzene rings is 1. The highest BCUT2D eigenvalue weighted by atomic mass is 32.2. The van der Waals surface area contributed by atoms with Crippen LogP contribution in [0, 0.1) is 11.8 Å². The van der Waals surface area contributed by atoms with Crippen molar-refractivity contribution in [3.63, 3.8) is 0 Å². The molecule has 3 N–H and O–H groups in total. The maximum Gasteiger partial charge on any atom is 0.316 e. The van der Waals surface area contributed by atoms with Crippen LogP contribution in [0.4, 0.5) is 10.5 Å². The second-order valence-electron chi connectivity index (χ2n) is 5.66. The van der Waals surface area contributed by atoms with Crippen LogP contribution in [0.15, 0.2) is 41.3 Å². The molecule has 7 nitrogen and oxygen atoms in total. The van der Waals surface area contributed by atoms with Crippen molar-refractivity contribution in [1.29, 1.82) is 0 Å². The van der Waals surface area contributed by atoms with Gasteiger partial charge in [-0.1, -0.05) is 24.3 Å². The van der Waals surface area contributed by atoms with E-state index in [-0.39, 0.29) is 11.7 Å². The number of carbonyl (C=O) groups excluding carboxylic acids is 3. The predicted octanol–water partition coefficient (Wildman–Crippen LogP) is 1.93. The van der Waals surface area contributed by atoms with Crippen molar-refractivity contribution in [3.05, 3.63) is 36.4 Å². The van der Waals surface area contributed by atoms with E-state index in [1.807, 2.05) is 0 Å². The summed E-state index contributed by atoms with van der Waals surface area (Å²) < 4.78 is 10.8. The topological polar surface area (TPSA) is 108 Å². The molecule has 132 valence electrons. The Bertz CT molecular complexity index is 736. The molecule has 0 saturated carbocycles.